The molecule has 16 heavy (non-hydrogen) atoms. The highest BCUT2D eigenvalue weighted by atomic mass is 16.4. The number of rotatable bonds is 6. The van der Waals surface area contributed by atoms with Crippen molar-refractivity contribution < 1.29 is 14.3 Å². The molecule has 1 unspecified atom stereocenters. The van der Waals surface area contributed by atoms with Crippen LogP contribution in [-0.2, 0) is 17.8 Å². The van der Waals surface area contributed by atoms with Crippen LogP contribution in [0.2, 0.25) is 0 Å². The summed E-state index contributed by atoms with van der Waals surface area (Å²) in [5.74, 6) is 0.877. The number of nitrogens with zero attached hydrogens (tertiary/aromatic N) is 1. The van der Waals surface area contributed by atoms with Crippen LogP contribution in [0.5, 0.6) is 0 Å². The van der Waals surface area contributed by atoms with Crippen LogP contribution in [0.15, 0.2) is 10.6 Å². The van der Waals surface area contributed by atoms with Gasteiger partial charge in [-0.05, 0) is 18.8 Å². The SMILES string of the molecule is CCc1cnc(CNC(C(=O)O)C2CC2)o1. The van der Waals surface area contributed by atoms with Crippen molar-refractivity contribution in [2.24, 2.45) is 5.92 Å². The number of carboxylic acid groups (broad SMARTS) is 1. The Hall–Kier alpha value is -1.36. The average molecular weight is 224 g/mol. The quantitative estimate of drug-likeness (QED) is 0.759. The molecule has 5 heteroatoms. The second-order valence-corrected chi connectivity index (χ2v) is 4.11. The van der Waals surface area contributed by atoms with Crippen LogP contribution in [0.25, 0.3) is 0 Å². The van der Waals surface area contributed by atoms with Crippen LogP contribution in [-0.4, -0.2) is 22.1 Å². The van der Waals surface area contributed by atoms with E-state index in [0.717, 1.165) is 25.0 Å². The molecule has 0 radical (unpaired) electrons. The summed E-state index contributed by atoms with van der Waals surface area (Å²) in [7, 11) is 0. The summed E-state index contributed by atoms with van der Waals surface area (Å²) in [6, 6.07) is -0.461. The molecule has 1 heterocycles. The van der Waals surface area contributed by atoms with E-state index in [1.807, 2.05) is 6.92 Å². The molecule has 0 aliphatic heterocycles. The minimum Gasteiger partial charge on any atom is -0.480 e. The summed E-state index contributed by atoms with van der Waals surface area (Å²) in [6.07, 6.45) is 4.48. The first kappa shape index (κ1) is 11.1. The summed E-state index contributed by atoms with van der Waals surface area (Å²) in [6.45, 7) is 2.37. The Morgan fingerprint density at radius 2 is 2.50 bits per heavy atom. The molecule has 1 aliphatic carbocycles. The Balaban J connectivity index is 1.87. The number of nitrogens with one attached hydrogen (secondary N) is 1. The maximum atomic E-state index is 11.0. The first-order valence-electron chi connectivity index (χ1n) is 5.60. The molecular formula is C11H16N2O3. The molecular weight excluding hydrogens is 208 g/mol. The van der Waals surface area contributed by atoms with Gasteiger partial charge in [-0.2, -0.15) is 0 Å². The highest BCUT2D eigenvalue weighted by molar-refractivity contribution is 5.74. The fourth-order valence-electron chi connectivity index (χ4n) is 1.68. The van der Waals surface area contributed by atoms with E-state index in [0.29, 0.717) is 12.4 Å². The van der Waals surface area contributed by atoms with Crippen molar-refractivity contribution in [3.8, 4) is 0 Å². The predicted octanol–water partition coefficient (Wildman–Crippen LogP) is 1.19. The third-order valence-electron chi connectivity index (χ3n) is 2.78. The summed E-state index contributed by atoms with van der Waals surface area (Å²) in [5, 5.41) is 12.0. The summed E-state index contributed by atoms with van der Waals surface area (Å²) in [4.78, 5) is 15.0. The van der Waals surface area contributed by atoms with E-state index in [4.69, 9.17) is 9.52 Å². The third-order valence-corrected chi connectivity index (χ3v) is 2.78. The molecule has 1 atom stereocenters. The molecule has 0 saturated heterocycles. The topological polar surface area (TPSA) is 75.4 Å². The molecule has 88 valence electrons. The van der Waals surface area contributed by atoms with Gasteiger partial charge < -0.3 is 9.52 Å². The van der Waals surface area contributed by atoms with E-state index in [1.165, 1.54) is 0 Å². The third kappa shape index (κ3) is 2.61. The molecule has 2 N–H and O–H groups in total. The van der Waals surface area contributed by atoms with Crippen molar-refractivity contribution in [1.29, 1.82) is 0 Å². The smallest absolute Gasteiger partial charge is 0.320 e. The highest BCUT2D eigenvalue weighted by Crippen LogP contribution is 2.32. The van der Waals surface area contributed by atoms with Gasteiger partial charge in [0.15, 0.2) is 0 Å². The van der Waals surface area contributed by atoms with Crippen LogP contribution in [0, 0.1) is 5.92 Å². The molecule has 2 rings (SSSR count). The van der Waals surface area contributed by atoms with Crippen molar-refractivity contribution >= 4 is 5.97 Å². The van der Waals surface area contributed by atoms with Gasteiger partial charge in [0.2, 0.25) is 5.89 Å². The van der Waals surface area contributed by atoms with Crippen LogP contribution < -0.4 is 5.32 Å². The Bertz CT molecular complexity index is 371. The molecule has 0 spiro atoms. The molecule has 0 amide bonds. The number of aryl methyl sites for hydroxylation is 1. The molecule has 1 fully saturated rings. The Morgan fingerprint density at radius 3 is 3.00 bits per heavy atom. The molecule has 5 nitrogen and oxygen atoms in total. The number of oxazole rings is 1. The van der Waals surface area contributed by atoms with Gasteiger partial charge in [-0.3, -0.25) is 10.1 Å². The maximum Gasteiger partial charge on any atom is 0.320 e. The fraction of sp³-hybridized carbons (Fsp3) is 0.636. The van der Waals surface area contributed by atoms with Gasteiger partial charge in [-0.1, -0.05) is 6.92 Å². The molecule has 1 saturated carbocycles. The normalized spacial score (nSPS) is 17.3. The van der Waals surface area contributed by atoms with Gasteiger partial charge >= 0.3 is 5.97 Å². The number of aromatic nitrogens is 1. The molecule has 1 aliphatic rings. The van der Waals surface area contributed by atoms with E-state index < -0.39 is 12.0 Å². The van der Waals surface area contributed by atoms with Crippen LogP contribution >= 0.6 is 0 Å². The maximum absolute atomic E-state index is 11.0. The van der Waals surface area contributed by atoms with Gasteiger partial charge in [-0.15, -0.1) is 0 Å². The lowest BCUT2D eigenvalue weighted by molar-refractivity contribution is -0.140. The number of carbonyl (C=O) groups is 1. The van der Waals surface area contributed by atoms with Crippen molar-refractivity contribution in [2.75, 3.05) is 0 Å². The van der Waals surface area contributed by atoms with Crippen molar-refractivity contribution in [1.82, 2.24) is 10.3 Å². The van der Waals surface area contributed by atoms with Crippen LogP contribution in [0.1, 0.15) is 31.4 Å². The van der Waals surface area contributed by atoms with E-state index in [2.05, 4.69) is 10.3 Å². The lowest BCUT2D eigenvalue weighted by Gasteiger charge is -2.11. The first-order valence-corrected chi connectivity index (χ1v) is 5.60. The Morgan fingerprint density at radius 1 is 1.75 bits per heavy atom. The molecule has 1 aromatic rings. The Kier molecular flexibility index (Phi) is 3.24. The zero-order chi connectivity index (χ0) is 11.5. The van der Waals surface area contributed by atoms with Crippen molar-refractivity contribution in [3.05, 3.63) is 17.8 Å². The van der Waals surface area contributed by atoms with Gasteiger partial charge in [0.05, 0.1) is 12.7 Å². The molecule has 0 aromatic carbocycles. The lowest BCUT2D eigenvalue weighted by atomic mass is 10.2. The largest absolute Gasteiger partial charge is 0.480 e. The predicted molar refractivity (Wildman–Crippen MR) is 56.9 cm³/mol. The van der Waals surface area contributed by atoms with Gasteiger partial charge in [0, 0.05) is 6.42 Å². The van der Waals surface area contributed by atoms with Crippen LogP contribution in [0.4, 0.5) is 0 Å². The second-order valence-electron chi connectivity index (χ2n) is 4.11. The van der Waals surface area contributed by atoms with Gasteiger partial charge in [-0.25, -0.2) is 4.98 Å². The molecule has 0 bridgehead atoms. The monoisotopic (exact) mass is 224 g/mol. The van der Waals surface area contributed by atoms with E-state index in [-0.39, 0.29) is 5.92 Å². The number of hydrogen-bond acceptors (Lipinski definition) is 4. The zero-order valence-electron chi connectivity index (χ0n) is 9.27. The number of aliphatic carboxylic acids is 1. The summed E-state index contributed by atoms with van der Waals surface area (Å²) in [5.41, 5.74) is 0. The lowest BCUT2D eigenvalue weighted by Crippen LogP contribution is -2.38. The zero-order valence-corrected chi connectivity index (χ0v) is 9.27. The van der Waals surface area contributed by atoms with Crippen molar-refractivity contribution in [3.63, 3.8) is 0 Å². The Labute approximate surface area is 93.9 Å². The van der Waals surface area contributed by atoms with E-state index in [9.17, 15) is 4.79 Å². The highest BCUT2D eigenvalue weighted by Gasteiger charge is 2.35. The van der Waals surface area contributed by atoms with Gasteiger partial charge in [0.25, 0.3) is 0 Å². The van der Waals surface area contributed by atoms with Crippen molar-refractivity contribution in [2.45, 2.75) is 38.8 Å². The average Bonchev–Trinajstić information content (AvgIpc) is 2.97. The minimum absolute atomic E-state index is 0.276. The first-order chi connectivity index (χ1) is 7.70. The second kappa shape index (κ2) is 4.65. The summed E-state index contributed by atoms with van der Waals surface area (Å²) < 4.78 is 5.40. The minimum atomic E-state index is -0.787. The summed E-state index contributed by atoms with van der Waals surface area (Å²) >= 11 is 0. The van der Waals surface area contributed by atoms with E-state index >= 15 is 0 Å². The standard InChI is InChI=1S/C11H16N2O3/c1-2-8-5-12-9(16-8)6-13-10(11(14)15)7-3-4-7/h5,7,10,13H,2-4,6H2,1H3,(H,14,15). The number of carboxylic acids is 1. The van der Waals surface area contributed by atoms with Crippen LogP contribution in [0.3, 0.4) is 0 Å². The van der Waals surface area contributed by atoms with Gasteiger partial charge in [0.1, 0.15) is 11.8 Å². The fourth-order valence-corrected chi connectivity index (χ4v) is 1.68. The molecule has 1 aromatic heterocycles. The number of hydrogen-bond donors (Lipinski definition) is 2. The van der Waals surface area contributed by atoms with E-state index in [1.54, 1.807) is 6.20 Å².